The molecule has 2 heteroatoms. The second-order valence-electron chi connectivity index (χ2n) is 5.68. The number of rotatable bonds is 12. The predicted octanol–water partition coefficient (Wildman–Crippen LogP) is 4.39. The lowest BCUT2D eigenvalue weighted by atomic mass is 10.2. The zero-order valence-electron chi connectivity index (χ0n) is 13.6. The van der Waals surface area contributed by atoms with Crippen LogP contribution in [0.1, 0.15) is 38.5 Å². The molecule has 0 aliphatic carbocycles. The highest BCUT2D eigenvalue weighted by molar-refractivity contribution is 4.90. The average Bonchev–Trinajstić information content (AvgIpc) is 2.94. The second-order valence-corrected chi connectivity index (χ2v) is 5.68. The van der Waals surface area contributed by atoms with E-state index in [0.717, 1.165) is 32.6 Å². The van der Waals surface area contributed by atoms with Crippen LogP contribution in [0.15, 0.2) is 49.6 Å². The largest absolute Gasteiger partial charge is 0.286 e. The maximum Gasteiger partial charge on any atom is 0.0513 e. The van der Waals surface area contributed by atoms with Crippen molar-refractivity contribution in [2.45, 2.75) is 38.5 Å². The van der Waals surface area contributed by atoms with Crippen molar-refractivity contribution in [2.75, 3.05) is 32.8 Å². The summed E-state index contributed by atoms with van der Waals surface area (Å²) in [6.07, 6.45) is 20.3. The summed E-state index contributed by atoms with van der Waals surface area (Å²) in [6, 6.07) is 0. The van der Waals surface area contributed by atoms with Gasteiger partial charge in [-0.25, -0.2) is 0 Å². The Labute approximate surface area is 131 Å². The highest BCUT2D eigenvalue weighted by Crippen LogP contribution is 2.06. The van der Waals surface area contributed by atoms with Crippen LogP contribution in [-0.4, -0.2) is 42.6 Å². The fourth-order valence-electron chi connectivity index (χ4n) is 2.45. The lowest BCUT2D eigenvalue weighted by Crippen LogP contribution is -2.25. The van der Waals surface area contributed by atoms with Gasteiger partial charge in [0, 0.05) is 26.2 Å². The molecular weight excluding hydrogens is 256 g/mol. The van der Waals surface area contributed by atoms with E-state index in [0.29, 0.717) is 0 Å². The van der Waals surface area contributed by atoms with Gasteiger partial charge in [0.25, 0.3) is 0 Å². The Morgan fingerprint density at radius 1 is 0.667 bits per heavy atom. The van der Waals surface area contributed by atoms with Gasteiger partial charge in [0.05, 0.1) is 6.67 Å². The number of allylic oxidation sites excluding steroid dienone is 4. The Hall–Kier alpha value is -1.12. The van der Waals surface area contributed by atoms with Crippen LogP contribution < -0.4 is 0 Å². The highest BCUT2D eigenvalue weighted by Gasteiger charge is 2.16. The molecule has 0 amide bonds. The lowest BCUT2D eigenvalue weighted by Gasteiger charge is -2.15. The van der Waals surface area contributed by atoms with Gasteiger partial charge in [-0.05, 0) is 38.5 Å². The topological polar surface area (TPSA) is 6.48 Å². The van der Waals surface area contributed by atoms with Crippen molar-refractivity contribution in [2.24, 2.45) is 0 Å². The molecule has 1 aliphatic heterocycles. The number of nitrogens with zero attached hydrogens (tertiary/aromatic N) is 2. The van der Waals surface area contributed by atoms with Crippen molar-refractivity contribution < 1.29 is 0 Å². The quantitative estimate of drug-likeness (QED) is 0.388. The molecule has 0 N–H and O–H groups in total. The van der Waals surface area contributed by atoms with Crippen molar-refractivity contribution in [3.63, 3.8) is 0 Å². The maximum atomic E-state index is 3.75. The van der Waals surface area contributed by atoms with Gasteiger partial charge in [-0.2, -0.15) is 0 Å². The summed E-state index contributed by atoms with van der Waals surface area (Å²) < 4.78 is 0. The summed E-state index contributed by atoms with van der Waals surface area (Å²) in [5.74, 6) is 0. The lowest BCUT2D eigenvalue weighted by molar-refractivity contribution is 0.279. The Bertz CT molecular complexity index is 298. The van der Waals surface area contributed by atoms with Crippen molar-refractivity contribution in [3.05, 3.63) is 49.6 Å². The third kappa shape index (κ3) is 9.43. The highest BCUT2D eigenvalue weighted by atomic mass is 15.4. The van der Waals surface area contributed by atoms with Crippen molar-refractivity contribution in [3.8, 4) is 0 Å². The van der Waals surface area contributed by atoms with Crippen LogP contribution in [-0.2, 0) is 0 Å². The van der Waals surface area contributed by atoms with Gasteiger partial charge < -0.3 is 0 Å². The van der Waals surface area contributed by atoms with E-state index < -0.39 is 0 Å². The molecule has 2 nitrogen and oxygen atoms in total. The van der Waals surface area contributed by atoms with Gasteiger partial charge in [-0.15, -0.1) is 13.2 Å². The molecular formula is C19H32N2. The minimum absolute atomic E-state index is 1.09. The van der Waals surface area contributed by atoms with Gasteiger partial charge in [0.2, 0.25) is 0 Å². The van der Waals surface area contributed by atoms with E-state index >= 15 is 0 Å². The molecule has 0 aromatic rings. The molecule has 0 spiro atoms. The summed E-state index contributed by atoms with van der Waals surface area (Å²) in [5, 5.41) is 0. The molecule has 1 aliphatic rings. The SMILES string of the molecule is C=CCCCC=CCN1CCN(CC=CCCCC=C)C1. The zero-order chi connectivity index (χ0) is 15.2. The third-order valence-electron chi connectivity index (χ3n) is 3.75. The van der Waals surface area contributed by atoms with E-state index in [9.17, 15) is 0 Å². The summed E-state index contributed by atoms with van der Waals surface area (Å²) in [5.41, 5.74) is 0. The fourth-order valence-corrected chi connectivity index (χ4v) is 2.45. The van der Waals surface area contributed by atoms with Gasteiger partial charge in [0.15, 0.2) is 0 Å². The van der Waals surface area contributed by atoms with E-state index in [1.165, 1.54) is 38.8 Å². The summed E-state index contributed by atoms with van der Waals surface area (Å²) in [6.45, 7) is 13.2. The van der Waals surface area contributed by atoms with Crippen molar-refractivity contribution in [1.29, 1.82) is 0 Å². The summed E-state index contributed by atoms with van der Waals surface area (Å²) >= 11 is 0. The molecule has 0 unspecified atom stereocenters. The molecule has 0 atom stereocenters. The summed E-state index contributed by atoms with van der Waals surface area (Å²) in [4.78, 5) is 5.02. The molecule has 1 heterocycles. The smallest absolute Gasteiger partial charge is 0.0513 e. The Kier molecular flexibility index (Phi) is 10.8. The van der Waals surface area contributed by atoms with Crippen molar-refractivity contribution in [1.82, 2.24) is 9.80 Å². The zero-order valence-corrected chi connectivity index (χ0v) is 13.6. The molecule has 21 heavy (non-hydrogen) atoms. The van der Waals surface area contributed by atoms with E-state index in [1.807, 2.05) is 12.2 Å². The van der Waals surface area contributed by atoms with Crippen molar-refractivity contribution >= 4 is 0 Å². The van der Waals surface area contributed by atoms with Crippen LogP contribution in [0.4, 0.5) is 0 Å². The first-order valence-corrected chi connectivity index (χ1v) is 8.33. The third-order valence-corrected chi connectivity index (χ3v) is 3.75. The van der Waals surface area contributed by atoms with Crippen LogP contribution in [0, 0.1) is 0 Å². The van der Waals surface area contributed by atoms with Crippen LogP contribution in [0.3, 0.4) is 0 Å². The molecule has 1 rings (SSSR count). The van der Waals surface area contributed by atoms with Gasteiger partial charge in [0.1, 0.15) is 0 Å². The van der Waals surface area contributed by atoms with Gasteiger partial charge in [-0.3, -0.25) is 9.80 Å². The normalized spacial score (nSPS) is 17.1. The van der Waals surface area contributed by atoms with E-state index in [1.54, 1.807) is 0 Å². The number of hydrogen-bond acceptors (Lipinski definition) is 2. The molecule has 0 radical (unpaired) electrons. The van der Waals surface area contributed by atoms with Gasteiger partial charge >= 0.3 is 0 Å². The Balaban J connectivity index is 2.03. The minimum Gasteiger partial charge on any atom is -0.286 e. The monoisotopic (exact) mass is 288 g/mol. The molecule has 0 bridgehead atoms. The first kappa shape index (κ1) is 17.9. The predicted molar refractivity (Wildman–Crippen MR) is 94.4 cm³/mol. The minimum atomic E-state index is 1.09. The molecule has 0 aromatic carbocycles. The van der Waals surface area contributed by atoms with Crippen LogP contribution >= 0.6 is 0 Å². The molecule has 1 saturated heterocycles. The molecule has 1 fully saturated rings. The Morgan fingerprint density at radius 3 is 1.57 bits per heavy atom. The van der Waals surface area contributed by atoms with E-state index in [4.69, 9.17) is 0 Å². The van der Waals surface area contributed by atoms with Crippen LogP contribution in [0.25, 0.3) is 0 Å². The standard InChI is InChI=1S/C19H32N2/c1-3-5-7-9-11-13-15-20-17-18-21(19-20)16-14-12-10-8-6-4-2/h3-4,11-14H,1-2,5-10,15-19H2. The van der Waals surface area contributed by atoms with Gasteiger partial charge in [-0.1, -0.05) is 36.5 Å². The maximum absolute atomic E-state index is 3.75. The molecule has 0 saturated carbocycles. The first-order chi connectivity index (χ1) is 10.4. The van der Waals surface area contributed by atoms with Crippen LogP contribution in [0.2, 0.25) is 0 Å². The Morgan fingerprint density at radius 2 is 1.14 bits per heavy atom. The fraction of sp³-hybridized carbons (Fsp3) is 0.579. The average molecular weight is 288 g/mol. The first-order valence-electron chi connectivity index (χ1n) is 8.33. The second kappa shape index (κ2) is 12.6. The van der Waals surface area contributed by atoms with Crippen LogP contribution in [0.5, 0.6) is 0 Å². The van der Waals surface area contributed by atoms with E-state index in [-0.39, 0.29) is 0 Å². The molecule has 118 valence electrons. The van der Waals surface area contributed by atoms with E-state index in [2.05, 4.69) is 47.3 Å². The number of unbranched alkanes of at least 4 members (excludes halogenated alkanes) is 4. The number of hydrogen-bond donors (Lipinski definition) is 0. The molecule has 0 aromatic heterocycles. The summed E-state index contributed by atoms with van der Waals surface area (Å²) in [7, 11) is 0.